The zero-order valence-electron chi connectivity index (χ0n) is 12.8. The van der Waals surface area contributed by atoms with E-state index in [0.29, 0.717) is 11.5 Å². The molecule has 0 radical (unpaired) electrons. The van der Waals surface area contributed by atoms with Crippen molar-refractivity contribution in [1.82, 2.24) is 4.72 Å². The molecule has 124 valence electrons. The molecule has 4 rings (SSSR count). The second-order valence-corrected chi connectivity index (χ2v) is 8.17. The largest absolute Gasteiger partial charge is 0.481 e. The van der Waals surface area contributed by atoms with Crippen molar-refractivity contribution in [2.45, 2.75) is 29.7 Å². The first-order valence-corrected chi connectivity index (χ1v) is 9.35. The van der Waals surface area contributed by atoms with E-state index in [1.165, 1.54) is 23.3 Å². The summed E-state index contributed by atoms with van der Waals surface area (Å²) in [6, 6.07) is 14.2. The first-order chi connectivity index (χ1) is 11.5. The van der Waals surface area contributed by atoms with Gasteiger partial charge in [-0.1, -0.05) is 36.4 Å². The summed E-state index contributed by atoms with van der Waals surface area (Å²) in [7, 11) is -3.58. The maximum atomic E-state index is 12.5. The molecular formula is C18H17NO4S. The molecule has 0 spiro atoms. The lowest BCUT2D eigenvalue weighted by Gasteiger charge is -2.10. The minimum absolute atomic E-state index is 0.0383. The quantitative estimate of drug-likeness (QED) is 0.869. The van der Waals surface area contributed by atoms with Crippen LogP contribution in [0.15, 0.2) is 53.4 Å². The van der Waals surface area contributed by atoms with Crippen molar-refractivity contribution in [1.29, 1.82) is 0 Å². The molecule has 3 atom stereocenters. The Kier molecular flexibility index (Phi) is 3.47. The van der Waals surface area contributed by atoms with Gasteiger partial charge in [0.15, 0.2) is 0 Å². The van der Waals surface area contributed by atoms with Gasteiger partial charge in [0.05, 0.1) is 11.3 Å². The Hall–Kier alpha value is -2.18. The van der Waals surface area contributed by atoms with E-state index in [0.717, 1.165) is 6.42 Å². The molecule has 0 aliphatic heterocycles. The number of hydrogen-bond acceptors (Lipinski definition) is 3. The Labute approximate surface area is 140 Å². The number of rotatable bonds is 5. The van der Waals surface area contributed by atoms with Crippen LogP contribution < -0.4 is 4.72 Å². The highest BCUT2D eigenvalue weighted by atomic mass is 32.2. The smallest absolute Gasteiger partial charge is 0.307 e. The number of carboxylic acid groups (broad SMARTS) is 1. The van der Waals surface area contributed by atoms with Gasteiger partial charge in [-0.05, 0) is 41.2 Å². The van der Waals surface area contributed by atoms with Crippen LogP contribution in [0.5, 0.6) is 0 Å². The summed E-state index contributed by atoms with van der Waals surface area (Å²) in [6.07, 6.45) is 0.808. The Morgan fingerprint density at radius 1 is 1.12 bits per heavy atom. The first kappa shape index (κ1) is 15.4. The summed E-state index contributed by atoms with van der Waals surface area (Å²) < 4.78 is 27.9. The third kappa shape index (κ3) is 2.61. The normalized spacial score (nSPS) is 24.2. The van der Waals surface area contributed by atoms with E-state index in [2.05, 4.69) is 16.9 Å². The molecule has 2 N–H and O–H groups in total. The molecule has 0 unspecified atom stereocenters. The van der Waals surface area contributed by atoms with Gasteiger partial charge in [-0.25, -0.2) is 13.1 Å². The van der Waals surface area contributed by atoms with E-state index in [1.807, 2.05) is 12.1 Å². The fourth-order valence-corrected chi connectivity index (χ4v) is 5.03. The lowest BCUT2D eigenvalue weighted by Crippen LogP contribution is -2.29. The first-order valence-electron chi connectivity index (χ1n) is 7.86. The highest BCUT2D eigenvalue weighted by Gasteiger charge is 2.56. The van der Waals surface area contributed by atoms with Crippen molar-refractivity contribution in [2.75, 3.05) is 0 Å². The van der Waals surface area contributed by atoms with E-state index in [9.17, 15) is 13.2 Å². The monoisotopic (exact) mass is 343 g/mol. The average molecular weight is 343 g/mol. The van der Waals surface area contributed by atoms with E-state index < -0.39 is 16.0 Å². The molecular weight excluding hydrogens is 326 g/mol. The van der Waals surface area contributed by atoms with Gasteiger partial charge >= 0.3 is 5.97 Å². The number of sulfonamides is 1. The molecule has 1 fully saturated rings. The van der Waals surface area contributed by atoms with Gasteiger partial charge in [0.25, 0.3) is 0 Å². The predicted molar refractivity (Wildman–Crippen MR) is 88.3 cm³/mol. The highest BCUT2D eigenvalue weighted by molar-refractivity contribution is 7.89. The van der Waals surface area contributed by atoms with Crippen LogP contribution in [0.1, 0.15) is 22.6 Å². The summed E-state index contributed by atoms with van der Waals surface area (Å²) in [5, 5.41) is 8.76. The zero-order chi connectivity index (χ0) is 16.9. The van der Waals surface area contributed by atoms with Crippen LogP contribution in [0, 0.1) is 5.92 Å². The molecule has 0 aromatic heterocycles. The molecule has 0 bridgehead atoms. The Morgan fingerprint density at radius 3 is 2.54 bits per heavy atom. The zero-order valence-corrected chi connectivity index (χ0v) is 13.7. The van der Waals surface area contributed by atoms with Crippen LogP contribution >= 0.6 is 0 Å². The fourth-order valence-electron chi connectivity index (χ4n) is 3.72. The number of carboxylic acids is 1. The number of carbonyl (C=O) groups is 1. The number of aliphatic carboxylic acids is 1. The van der Waals surface area contributed by atoms with Gasteiger partial charge in [0.2, 0.25) is 10.0 Å². The second-order valence-electron chi connectivity index (χ2n) is 6.45. The van der Waals surface area contributed by atoms with Crippen LogP contribution in [-0.4, -0.2) is 25.5 Å². The third-order valence-corrected chi connectivity index (χ3v) is 6.39. The number of fused-ring (bicyclic) bond motifs is 3. The van der Waals surface area contributed by atoms with Gasteiger partial charge in [-0.15, -0.1) is 0 Å². The summed E-state index contributed by atoms with van der Waals surface area (Å²) in [6.45, 7) is 0. The van der Waals surface area contributed by atoms with Crippen LogP contribution in [0.2, 0.25) is 0 Å². The van der Waals surface area contributed by atoms with Crippen molar-refractivity contribution >= 4 is 16.0 Å². The molecule has 5 nitrogen and oxygen atoms in total. The van der Waals surface area contributed by atoms with E-state index >= 15 is 0 Å². The standard InChI is InChI=1S/C18H17NO4S/c20-16(21)9-11-5-7-13(8-6-11)24(22,23)19-18-15-10-12-3-1-2-4-14(12)17(15)18/h1-8,15,17-19H,9-10H2,(H,20,21)/t15-,17+,18+/m0/s1. The second kappa shape index (κ2) is 5.43. The molecule has 2 aliphatic carbocycles. The van der Waals surface area contributed by atoms with Crippen molar-refractivity contribution in [3.8, 4) is 0 Å². The van der Waals surface area contributed by atoms with Gasteiger partial charge in [0.1, 0.15) is 0 Å². The molecule has 0 heterocycles. The van der Waals surface area contributed by atoms with Gasteiger partial charge < -0.3 is 5.11 Å². The SMILES string of the molecule is O=C(O)Cc1ccc(S(=O)(=O)N[C@@H]2[C@H]3Cc4ccccc4[C@H]32)cc1. The summed E-state index contributed by atoms with van der Waals surface area (Å²) >= 11 is 0. The van der Waals surface area contributed by atoms with Gasteiger partial charge in [-0.2, -0.15) is 0 Å². The minimum atomic E-state index is -3.58. The lowest BCUT2D eigenvalue weighted by atomic mass is 10.1. The Balaban J connectivity index is 1.49. The van der Waals surface area contributed by atoms with E-state index in [4.69, 9.17) is 5.11 Å². The highest BCUT2D eigenvalue weighted by Crippen LogP contribution is 2.56. The van der Waals surface area contributed by atoms with E-state index in [1.54, 1.807) is 12.1 Å². The molecule has 2 aromatic rings. The van der Waals surface area contributed by atoms with Crippen LogP contribution in [0.25, 0.3) is 0 Å². The average Bonchev–Trinajstić information content (AvgIpc) is 3.03. The van der Waals surface area contributed by atoms with Crippen LogP contribution in [-0.2, 0) is 27.7 Å². The Bertz CT molecular complexity index is 905. The van der Waals surface area contributed by atoms with Crippen LogP contribution in [0.4, 0.5) is 0 Å². The number of hydrogen-bond donors (Lipinski definition) is 2. The summed E-state index contributed by atoms with van der Waals surface area (Å²) in [5.74, 6) is -0.307. The molecule has 1 saturated carbocycles. The van der Waals surface area contributed by atoms with Gasteiger partial charge in [-0.3, -0.25) is 4.79 Å². The molecule has 2 aromatic carbocycles. The number of nitrogens with one attached hydrogen (secondary N) is 1. The Morgan fingerprint density at radius 2 is 1.83 bits per heavy atom. The molecule has 0 saturated heterocycles. The topological polar surface area (TPSA) is 83.5 Å². The van der Waals surface area contributed by atoms with E-state index in [-0.39, 0.29) is 23.3 Å². The van der Waals surface area contributed by atoms with Crippen LogP contribution in [0.3, 0.4) is 0 Å². The number of benzene rings is 2. The summed E-state index contributed by atoms with van der Waals surface area (Å²) in [4.78, 5) is 10.9. The fraction of sp³-hybridized carbons (Fsp3) is 0.278. The maximum absolute atomic E-state index is 12.5. The lowest BCUT2D eigenvalue weighted by molar-refractivity contribution is -0.136. The van der Waals surface area contributed by atoms with Crippen molar-refractivity contribution in [3.63, 3.8) is 0 Å². The molecule has 24 heavy (non-hydrogen) atoms. The molecule has 2 aliphatic rings. The molecule has 6 heteroatoms. The van der Waals surface area contributed by atoms with Gasteiger partial charge in [0, 0.05) is 12.0 Å². The maximum Gasteiger partial charge on any atom is 0.307 e. The predicted octanol–water partition coefficient (Wildman–Crippen LogP) is 1.93. The van der Waals surface area contributed by atoms with Crippen molar-refractivity contribution in [3.05, 3.63) is 65.2 Å². The molecule has 0 amide bonds. The minimum Gasteiger partial charge on any atom is -0.481 e. The summed E-state index contributed by atoms with van der Waals surface area (Å²) in [5.41, 5.74) is 3.16. The van der Waals surface area contributed by atoms with Crippen molar-refractivity contribution < 1.29 is 18.3 Å². The third-order valence-electron chi connectivity index (χ3n) is 4.92. The van der Waals surface area contributed by atoms with Crippen molar-refractivity contribution in [2.24, 2.45) is 5.92 Å².